The third-order valence-electron chi connectivity index (χ3n) is 6.45. The number of fused-ring (bicyclic) bond motifs is 1. The lowest BCUT2D eigenvalue weighted by atomic mass is 10.1. The van der Waals surface area contributed by atoms with E-state index in [0.717, 1.165) is 19.3 Å². The molecule has 2 rings (SSSR count). The van der Waals surface area contributed by atoms with Crippen molar-refractivity contribution < 1.29 is 28.6 Å². The molecule has 0 fully saturated rings. The second-order valence-electron chi connectivity index (χ2n) is 9.92. The molecule has 1 aromatic heterocycles. The second kappa shape index (κ2) is 19.8. The largest absolute Gasteiger partial charge is 0.449 e. The summed E-state index contributed by atoms with van der Waals surface area (Å²) in [5.74, 6) is 0.901. The van der Waals surface area contributed by atoms with E-state index in [2.05, 4.69) is 39.7 Å². The van der Waals surface area contributed by atoms with Crippen LogP contribution >= 0.6 is 7.60 Å². The maximum atomic E-state index is 12.2. The standard InChI is InChI=1S/C27H48N5O6P/c1-2-3-4-5-6-7-8-9-10-11-12-13-14-15-16-17-19-38-27(33)31-25-24-26(29-21-28-25)32(22-30-24)18-20-37-23-39(34,35)36/h9-10,21,30H,2-8,11-20,22-23H2,1H3,(H2,34,35,36)(H,28,29,31,33). The number of carbonyl (C=O) groups excluding carboxylic acids is 1. The van der Waals surface area contributed by atoms with Crippen molar-refractivity contribution in [3.8, 4) is 0 Å². The summed E-state index contributed by atoms with van der Waals surface area (Å²) < 4.78 is 21.2. The lowest BCUT2D eigenvalue weighted by Crippen LogP contribution is -2.27. The molecular formula is C27H48N5O6P. The van der Waals surface area contributed by atoms with Crippen LogP contribution in [0.4, 0.5) is 22.1 Å². The van der Waals surface area contributed by atoms with Crippen molar-refractivity contribution >= 4 is 31.0 Å². The average Bonchev–Trinajstić information content (AvgIpc) is 3.32. The zero-order valence-corrected chi connectivity index (χ0v) is 24.4. The fourth-order valence-electron chi connectivity index (χ4n) is 4.31. The average molecular weight is 570 g/mol. The van der Waals surface area contributed by atoms with E-state index in [1.807, 2.05) is 4.90 Å². The zero-order chi connectivity index (χ0) is 28.2. The van der Waals surface area contributed by atoms with Crippen molar-refractivity contribution in [1.82, 2.24) is 9.97 Å². The third kappa shape index (κ3) is 15.2. The first-order valence-corrected chi connectivity index (χ1v) is 16.3. The Morgan fingerprint density at radius 2 is 1.64 bits per heavy atom. The minimum Gasteiger partial charge on any atom is -0.449 e. The summed E-state index contributed by atoms with van der Waals surface area (Å²) in [5.41, 5.74) is 0.571. The van der Waals surface area contributed by atoms with E-state index in [4.69, 9.17) is 19.3 Å². The van der Waals surface area contributed by atoms with Crippen LogP contribution in [0, 0.1) is 0 Å². The zero-order valence-electron chi connectivity index (χ0n) is 23.5. The van der Waals surface area contributed by atoms with Gasteiger partial charge in [-0.3, -0.25) is 9.88 Å². The van der Waals surface area contributed by atoms with Gasteiger partial charge in [0.15, 0.2) is 11.6 Å². The molecule has 0 atom stereocenters. The summed E-state index contributed by atoms with van der Waals surface area (Å²) in [7, 11) is -4.19. The topological polar surface area (TPSA) is 146 Å². The molecule has 0 radical (unpaired) electrons. The SMILES string of the molecule is CCCCCCCCC=CCCCCCCCCOC(=O)Nc1ncnc2c1NCN2CCOCP(=O)(O)O. The van der Waals surface area contributed by atoms with Crippen LogP contribution in [0.3, 0.4) is 0 Å². The fraction of sp³-hybridized carbons (Fsp3) is 0.741. The highest BCUT2D eigenvalue weighted by Crippen LogP contribution is 2.35. The van der Waals surface area contributed by atoms with E-state index in [1.54, 1.807) is 0 Å². The molecule has 0 aromatic carbocycles. The Bertz CT molecular complexity index is 897. The van der Waals surface area contributed by atoms with Crippen molar-refractivity contribution in [2.24, 2.45) is 0 Å². The van der Waals surface area contributed by atoms with Gasteiger partial charge in [-0.2, -0.15) is 0 Å². The maximum Gasteiger partial charge on any atom is 0.412 e. The maximum absolute atomic E-state index is 12.2. The monoisotopic (exact) mass is 569 g/mol. The normalized spacial score (nSPS) is 13.1. The van der Waals surface area contributed by atoms with Crippen LogP contribution in [-0.4, -0.2) is 58.6 Å². The Morgan fingerprint density at radius 3 is 2.31 bits per heavy atom. The Hall–Kier alpha value is -2.20. The predicted molar refractivity (Wildman–Crippen MR) is 155 cm³/mol. The van der Waals surface area contributed by atoms with Gasteiger partial charge in [0.2, 0.25) is 0 Å². The molecule has 0 spiro atoms. The van der Waals surface area contributed by atoms with E-state index < -0.39 is 20.0 Å². The van der Waals surface area contributed by atoms with E-state index in [1.165, 1.54) is 77.0 Å². The van der Waals surface area contributed by atoms with Crippen LogP contribution in [0.2, 0.25) is 0 Å². The van der Waals surface area contributed by atoms with Gasteiger partial charge in [-0.25, -0.2) is 14.8 Å². The first-order chi connectivity index (χ1) is 18.9. The molecule has 11 nitrogen and oxygen atoms in total. The summed E-state index contributed by atoms with van der Waals surface area (Å²) in [5, 5.41) is 5.79. The van der Waals surface area contributed by atoms with Crippen molar-refractivity contribution in [2.45, 2.75) is 96.8 Å². The second-order valence-corrected chi connectivity index (χ2v) is 11.5. The molecule has 222 valence electrons. The number of anilines is 3. The van der Waals surface area contributed by atoms with Gasteiger partial charge in [0, 0.05) is 6.54 Å². The van der Waals surface area contributed by atoms with Crippen molar-refractivity contribution in [3.05, 3.63) is 18.5 Å². The number of rotatable bonds is 22. The highest BCUT2D eigenvalue weighted by atomic mass is 31.2. The number of amides is 1. The summed E-state index contributed by atoms with van der Waals surface area (Å²) in [4.78, 5) is 40.2. The van der Waals surface area contributed by atoms with E-state index in [-0.39, 0.29) is 6.61 Å². The van der Waals surface area contributed by atoms with Gasteiger partial charge in [-0.1, -0.05) is 76.9 Å². The number of allylic oxidation sites excluding steroid dienone is 2. The smallest absolute Gasteiger partial charge is 0.412 e. The molecule has 1 aliphatic heterocycles. The Balaban J connectivity index is 1.49. The summed E-state index contributed by atoms with van der Waals surface area (Å²) in [6.07, 6.45) is 22.0. The Kier molecular flexibility index (Phi) is 16.8. The Labute approximate surface area is 233 Å². The minimum atomic E-state index is -4.19. The number of ether oxygens (including phenoxy) is 2. The van der Waals surface area contributed by atoms with E-state index in [0.29, 0.717) is 37.1 Å². The van der Waals surface area contributed by atoms with Gasteiger partial charge < -0.3 is 29.5 Å². The van der Waals surface area contributed by atoms with Crippen LogP contribution in [0.1, 0.15) is 96.8 Å². The minimum absolute atomic E-state index is 0.122. The van der Waals surface area contributed by atoms with Crippen LogP contribution < -0.4 is 15.5 Å². The summed E-state index contributed by atoms with van der Waals surface area (Å²) >= 11 is 0. The first-order valence-electron chi connectivity index (χ1n) is 14.5. The molecule has 4 N–H and O–H groups in total. The van der Waals surface area contributed by atoms with Gasteiger partial charge in [-0.15, -0.1) is 0 Å². The molecule has 0 saturated carbocycles. The van der Waals surface area contributed by atoms with Crippen molar-refractivity contribution in [2.75, 3.05) is 48.3 Å². The number of nitrogens with zero attached hydrogens (tertiary/aromatic N) is 3. The molecule has 1 aromatic rings. The van der Waals surface area contributed by atoms with Crippen LogP contribution in [0.15, 0.2) is 18.5 Å². The molecule has 0 bridgehead atoms. The molecular weight excluding hydrogens is 521 g/mol. The number of nitrogens with one attached hydrogen (secondary N) is 2. The fourth-order valence-corrected chi connectivity index (χ4v) is 4.68. The van der Waals surface area contributed by atoms with Gasteiger partial charge in [0.1, 0.15) is 18.4 Å². The van der Waals surface area contributed by atoms with Crippen molar-refractivity contribution in [3.63, 3.8) is 0 Å². The van der Waals surface area contributed by atoms with Gasteiger partial charge in [-0.05, 0) is 32.1 Å². The molecule has 12 heteroatoms. The van der Waals surface area contributed by atoms with Crippen LogP contribution in [0.25, 0.3) is 0 Å². The number of unbranched alkanes of at least 4 members (excludes halogenated alkanes) is 12. The molecule has 1 aliphatic rings. The quantitative estimate of drug-likeness (QED) is 0.0702. The van der Waals surface area contributed by atoms with E-state index in [9.17, 15) is 9.36 Å². The lowest BCUT2D eigenvalue weighted by molar-refractivity contribution is 0.159. The van der Waals surface area contributed by atoms with Gasteiger partial charge in [0.25, 0.3) is 0 Å². The molecule has 39 heavy (non-hydrogen) atoms. The first kappa shape index (κ1) is 33.0. The lowest BCUT2D eigenvalue weighted by Gasteiger charge is -2.16. The Morgan fingerprint density at radius 1 is 1.00 bits per heavy atom. The number of carbonyl (C=O) groups is 1. The van der Waals surface area contributed by atoms with Crippen molar-refractivity contribution in [1.29, 1.82) is 0 Å². The van der Waals surface area contributed by atoms with Crippen LogP contribution in [-0.2, 0) is 14.0 Å². The predicted octanol–water partition coefficient (Wildman–Crippen LogP) is 6.40. The van der Waals surface area contributed by atoms with Gasteiger partial charge >= 0.3 is 13.7 Å². The molecule has 0 unspecified atom stereocenters. The molecule has 2 heterocycles. The van der Waals surface area contributed by atoms with E-state index >= 15 is 0 Å². The highest BCUT2D eigenvalue weighted by Gasteiger charge is 2.25. The molecule has 0 saturated heterocycles. The number of hydrogen-bond acceptors (Lipinski definition) is 8. The van der Waals surface area contributed by atoms with Gasteiger partial charge in [0.05, 0.1) is 19.9 Å². The number of hydrogen-bond donors (Lipinski definition) is 4. The highest BCUT2D eigenvalue weighted by molar-refractivity contribution is 7.51. The third-order valence-corrected chi connectivity index (χ3v) is 6.97. The summed E-state index contributed by atoms with van der Waals surface area (Å²) in [6, 6.07) is 0. The molecule has 1 amide bonds. The molecule has 0 aliphatic carbocycles. The summed E-state index contributed by atoms with van der Waals surface area (Å²) in [6.45, 7) is 3.52. The number of aromatic nitrogens is 2. The van der Waals surface area contributed by atoms with Crippen LogP contribution in [0.5, 0.6) is 0 Å².